The van der Waals surface area contributed by atoms with Crippen LogP contribution < -0.4 is 10.1 Å². The maximum absolute atomic E-state index is 13.2. The zero-order valence-corrected chi connectivity index (χ0v) is 18.3. The molecular weight excluding hydrogens is 410 g/mol. The molecule has 1 aromatic heterocycles. The summed E-state index contributed by atoms with van der Waals surface area (Å²) in [4.78, 5) is 13.2. The number of anilines is 1. The second-order valence-corrected chi connectivity index (χ2v) is 7.67. The lowest BCUT2D eigenvalue weighted by Crippen LogP contribution is -2.17. The van der Waals surface area contributed by atoms with Gasteiger partial charge in [0.2, 0.25) is 0 Å². The molecule has 5 nitrogen and oxygen atoms in total. The molecule has 0 spiro atoms. The van der Waals surface area contributed by atoms with Crippen LogP contribution in [0.3, 0.4) is 0 Å². The van der Waals surface area contributed by atoms with Crippen molar-refractivity contribution < 1.29 is 9.53 Å². The highest BCUT2D eigenvalue weighted by Crippen LogP contribution is 2.27. The zero-order chi connectivity index (χ0) is 22.0. The Morgan fingerprint density at radius 2 is 1.71 bits per heavy atom. The van der Waals surface area contributed by atoms with Gasteiger partial charge in [-0.1, -0.05) is 29.8 Å². The summed E-state index contributed by atoms with van der Waals surface area (Å²) in [6.07, 6.45) is 0. The average molecular weight is 432 g/mol. The normalized spacial score (nSPS) is 10.7. The number of carbonyl (C=O) groups excluding carboxylic acids is 1. The monoisotopic (exact) mass is 431 g/mol. The van der Waals surface area contributed by atoms with E-state index in [4.69, 9.17) is 21.4 Å². The van der Waals surface area contributed by atoms with Crippen molar-refractivity contribution in [2.24, 2.45) is 0 Å². The van der Waals surface area contributed by atoms with E-state index in [1.54, 1.807) is 23.9 Å². The second-order valence-electron chi connectivity index (χ2n) is 7.26. The first kappa shape index (κ1) is 20.7. The van der Waals surface area contributed by atoms with Crippen LogP contribution in [0.1, 0.15) is 21.6 Å². The van der Waals surface area contributed by atoms with Crippen LogP contribution in [0.4, 0.5) is 5.69 Å². The summed E-state index contributed by atoms with van der Waals surface area (Å²) in [5.41, 5.74) is 5.55. The van der Waals surface area contributed by atoms with Gasteiger partial charge in [-0.25, -0.2) is 4.68 Å². The SMILES string of the molecule is COc1ccc(-c2cc(C(=O)Nc3ccc(C)c(C)c3)n(-c3ccccc3Cl)n2)cc1. The molecule has 0 radical (unpaired) electrons. The first-order chi connectivity index (χ1) is 15.0. The van der Waals surface area contributed by atoms with Crippen LogP contribution in [0.2, 0.25) is 5.02 Å². The minimum Gasteiger partial charge on any atom is -0.497 e. The molecule has 6 heteroatoms. The number of hydrogen-bond acceptors (Lipinski definition) is 3. The summed E-state index contributed by atoms with van der Waals surface area (Å²) < 4.78 is 6.82. The molecule has 1 heterocycles. The molecule has 0 saturated carbocycles. The fourth-order valence-corrected chi connectivity index (χ4v) is 3.48. The molecule has 0 atom stereocenters. The average Bonchev–Trinajstić information content (AvgIpc) is 3.22. The highest BCUT2D eigenvalue weighted by atomic mass is 35.5. The van der Waals surface area contributed by atoms with Gasteiger partial charge in [0.15, 0.2) is 0 Å². The van der Waals surface area contributed by atoms with E-state index in [1.165, 1.54) is 5.56 Å². The van der Waals surface area contributed by atoms with Gasteiger partial charge in [0.1, 0.15) is 11.4 Å². The molecule has 0 aliphatic heterocycles. The lowest BCUT2D eigenvalue weighted by Gasteiger charge is -2.10. The number of rotatable bonds is 5. The van der Waals surface area contributed by atoms with Gasteiger partial charge < -0.3 is 10.1 Å². The van der Waals surface area contributed by atoms with Crippen molar-refractivity contribution in [1.82, 2.24) is 9.78 Å². The minimum absolute atomic E-state index is 0.268. The highest BCUT2D eigenvalue weighted by molar-refractivity contribution is 6.32. The van der Waals surface area contributed by atoms with Crippen LogP contribution in [-0.2, 0) is 0 Å². The Bertz CT molecular complexity index is 1250. The summed E-state index contributed by atoms with van der Waals surface area (Å²) in [6, 6.07) is 22.4. The van der Waals surface area contributed by atoms with Crippen LogP contribution in [0.15, 0.2) is 72.8 Å². The summed E-state index contributed by atoms with van der Waals surface area (Å²) >= 11 is 6.42. The molecule has 0 aliphatic carbocycles. The van der Waals surface area contributed by atoms with E-state index in [1.807, 2.05) is 74.5 Å². The summed E-state index contributed by atoms with van der Waals surface area (Å²) in [6.45, 7) is 4.05. The van der Waals surface area contributed by atoms with Gasteiger partial charge in [-0.05, 0) is 79.6 Å². The quantitative estimate of drug-likeness (QED) is 0.417. The molecule has 0 aliphatic rings. The Balaban J connectivity index is 1.77. The second kappa shape index (κ2) is 8.66. The topological polar surface area (TPSA) is 56.1 Å². The number of halogens is 1. The smallest absolute Gasteiger partial charge is 0.274 e. The van der Waals surface area contributed by atoms with Gasteiger partial charge in [0.05, 0.1) is 23.5 Å². The van der Waals surface area contributed by atoms with Gasteiger partial charge in [-0.3, -0.25) is 4.79 Å². The lowest BCUT2D eigenvalue weighted by atomic mass is 10.1. The van der Waals surface area contributed by atoms with Gasteiger partial charge in [0.25, 0.3) is 5.91 Å². The number of carbonyl (C=O) groups is 1. The Morgan fingerprint density at radius 1 is 0.968 bits per heavy atom. The molecule has 31 heavy (non-hydrogen) atoms. The molecule has 156 valence electrons. The predicted octanol–water partition coefficient (Wildman–Crippen LogP) is 6.07. The van der Waals surface area contributed by atoms with Gasteiger partial charge in [-0.15, -0.1) is 0 Å². The van der Waals surface area contributed by atoms with Gasteiger partial charge in [0, 0.05) is 11.3 Å². The van der Waals surface area contributed by atoms with Crippen LogP contribution >= 0.6 is 11.6 Å². The fraction of sp³-hybridized carbons (Fsp3) is 0.120. The number of hydrogen-bond donors (Lipinski definition) is 1. The van der Waals surface area contributed by atoms with Crippen LogP contribution in [0.5, 0.6) is 5.75 Å². The Morgan fingerprint density at radius 3 is 2.39 bits per heavy atom. The predicted molar refractivity (Wildman–Crippen MR) is 124 cm³/mol. The van der Waals surface area contributed by atoms with E-state index in [0.29, 0.717) is 22.1 Å². The molecule has 4 aromatic rings. The van der Waals surface area contributed by atoms with Crippen molar-refractivity contribution in [3.63, 3.8) is 0 Å². The molecule has 1 N–H and O–H groups in total. The van der Waals surface area contributed by atoms with Crippen molar-refractivity contribution in [2.45, 2.75) is 13.8 Å². The lowest BCUT2D eigenvalue weighted by molar-refractivity contribution is 0.101. The minimum atomic E-state index is -0.268. The number of aryl methyl sites for hydroxylation is 2. The maximum Gasteiger partial charge on any atom is 0.274 e. The molecule has 1 amide bonds. The third-order valence-electron chi connectivity index (χ3n) is 5.17. The first-order valence-electron chi connectivity index (χ1n) is 9.84. The largest absolute Gasteiger partial charge is 0.497 e. The van der Waals surface area contributed by atoms with E-state index in [2.05, 4.69) is 5.32 Å². The van der Waals surface area contributed by atoms with E-state index >= 15 is 0 Å². The van der Waals surface area contributed by atoms with Crippen molar-refractivity contribution in [2.75, 3.05) is 12.4 Å². The number of nitrogens with one attached hydrogen (secondary N) is 1. The van der Waals surface area contributed by atoms with Crippen LogP contribution in [-0.4, -0.2) is 22.8 Å². The number of nitrogens with zero attached hydrogens (tertiary/aromatic N) is 2. The van der Waals surface area contributed by atoms with Crippen molar-refractivity contribution in [1.29, 1.82) is 0 Å². The molecule has 4 rings (SSSR count). The fourth-order valence-electron chi connectivity index (χ4n) is 3.27. The molecule has 0 saturated heterocycles. The van der Waals surface area contributed by atoms with Gasteiger partial charge in [-0.2, -0.15) is 5.10 Å². The van der Waals surface area contributed by atoms with E-state index < -0.39 is 0 Å². The van der Waals surface area contributed by atoms with E-state index in [-0.39, 0.29) is 5.91 Å². The van der Waals surface area contributed by atoms with Crippen molar-refractivity contribution in [3.05, 3.63) is 94.6 Å². The van der Waals surface area contributed by atoms with Crippen LogP contribution in [0, 0.1) is 13.8 Å². The standard InChI is InChI=1S/C25H22ClN3O2/c1-16-8-11-19(14-17(16)2)27-25(30)24-15-22(18-9-12-20(31-3)13-10-18)28-29(24)23-7-5-4-6-21(23)26/h4-15H,1-3H3,(H,27,30). The maximum atomic E-state index is 13.2. The number of benzene rings is 3. The number of amides is 1. The molecular formula is C25H22ClN3O2. The van der Waals surface area contributed by atoms with Crippen molar-refractivity contribution >= 4 is 23.2 Å². The third-order valence-corrected chi connectivity index (χ3v) is 5.49. The molecule has 0 unspecified atom stereocenters. The Hall–Kier alpha value is -3.57. The number of ether oxygens (including phenoxy) is 1. The molecule has 0 fully saturated rings. The zero-order valence-electron chi connectivity index (χ0n) is 17.5. The van der Waals surface area contributed by atoms with E-state index in [0.717, 1.165) is 22.6 Å². The Labute approximate surface area is 186 Å². The van der Waals surface area contributed by atoms with Crippen LogP contribution in [0.25, 0.3) is 16.9 Å². The number of para-hydroxylation sites is 1. The summed E-state index contributed by atoms with van der Waals surface area (Å²) in [7, 11) is 1.62. The molecule has 0 bridgehead atoms. The molecule has 3 aromatic carbocycles. The summed E-state index contributed by atoms with van der Waals surface area (Å²) in [5.74, 6) is 0.484. The summed E-state index contributed by atoms with van der Waals surface area (Å²) in [5, 5.41) is 8.17. The number of methoxy groups -OCH3 is 1. The number of aromatic nitrogens is 2. The van der Waals surface area contributed by atoms with E-state index in [9.17, 15) is 4.79 Å². The highest BCUT2D eigenvalue weighted by Gasteiger charge is 2.19. The Kier molecular flexibility index (Phi) is 5.78. The first-order valence-corrected chi connectivity index (χ1v) is 10.2. The third kappa shape index (κ3) is 4.32. The van der Waals surface area contributed by atoms with Gasteiger partial charge >= 0.3 is 0 Å². The van der Waals surface area contributed by atoms with Crippen molar-refractivity contribution in [3.8, 4) is 22.7 Å².